The molecule has 3 rings (SSSR count). The number of hydrogen-bond donors (Lipinski definition) is 2. The molecule has 1 aliphatic heterocycles. The lowest BCUT2D eigenvalue weighted by atomic mass is 10.1. The molecule has 158 valence electrons. The standard InChI is InChI=1S/C21H30N4O3S/c1-24-7-9-25(10-8-24)18(17-6-11-29-15-17)14-23-21(26)22-13-16-4-5-19(27-2)20(12-16)28-3/h4-6,11-12,15,18H,7-10,13-14H2,1-3H3,(H2,22,23,26)/t18-/m1/s1. The number of benzene rings is 1. The van der Waals surface area contributed by atoms with Gasteiger partial charge in [0.1, 0.15) is 0 Å². The van der Waals surface area contributed by atoms with E-state index in [1.165, 1.54) is 5.56 Å². The SMILES string of the molecule is COc1ccc(CNC(=O)NC[C@H](c2ccsc2)N2CCN(C)CC2)cc1OC. The van der Waals surface area contributed by atoms with Gasteiger partial charge in [-0.05, 0) is 47.1 Å². The maximum Gasteiger partial charge on any atom is 0.315 e. The minimum Gasteiger partial charge on any atom is -0.493 e. The monoisotopic (exact) mass is 418 g/mol. The normalized spacial score (nSPS) is 16.2. The Morgan fingerprint density at radius 3 is 2.52 bits per heavy atom. The third kappa shape index (κ3) is 5.85. The molecule has 2 N–H and O–H groups in total. The van der Waals surface area contributed by atoms with Crippen LogP contribution in [0.2, 0.25) is 0 Å². The van der Waals surface area contributed by atoms with Gasteiger partial charge in [-0.25, -0.2) is 4.79 Å². The first-order valence-electron chi connectivity index (χ1n) is 9.78. The van der Waals surface area contributed by atoms with E-state index < -0.39 is 0 Å². The number of hydrogen-bond acceptors (Lipinski definition) is 6. The summed E-state index contributed by atoms with van der Waals surface area (Å²) in [6.07, 6.45) is 0. The second kappa shape index (κ2) is 10.5. The quantitative estimate of drug-likeness (QED) is 0.690. The minimum atomic E-state index is -0.172. The van der Waals surface area contributed by atoms with E-state index in [2.05, 4.69) is 44.3 Å². The number of urea groups is 1. The summed E-state index contributed by atoms with van der Waals surface area (Å²) in [4.78, 5) is 17.2. The van der Waals surface area contributed by atoms with E-state index in [4.69, 9.17) is 9.47 Å². The van der Waals surface area contributed by atoms with E-state index in [1.807, 2.05) is 18.2 Å². The van der Waals surface area contributed by atoms with Crippen LogP contribution in [-0.2, 0) is 6.54 Å². The first-order chi connectivity index (χ1) is 14.1. The zero-order chi connectivity index (χ0) is 20.6. The third-order valence-corrected chi connectivity index (χ3v) is 5.97. The van der Waals surface area contributed by atoms with Crippen LogP contribution in [0.25, 0.3) is 0 Å². The first-order valence-corrected chi connectivity index (χ1v) is 10.7. The van der Waals surface area contributed by atoms with Crippen molar-refractivity contribution in [1.82, 2.24) is 20.4 Å². The van der Waals surface area contributed by atoms with Crippen molar-refractivity contribution in [2.45, 2.75) is 12.6 Å². The number of nitrogens with one attached hydrogen (secondary N) is 2. The molecule has 0 bridgehead atoms. The zero-order valence-corrected chi connectivity index (χ0v) is 18.1. The maximum absolute atomic E-state index is 12.4. The van der Waals surface area contributed by atoms with Gasteiger partial charge in [0, 0.05) is 39.3 Å². The average Bonchev–Trinajstić information content (AvgIpc) is 3.28. The second-order valence-corrected chi connectivity index (χ2v) is 7.94. The maximum atomic E-state index is 12.4. The van der Waals surface area contributed by atoms with Crippen molar-refractivity contribution in [3.05, 3.63) is 46.2 Å². The van der Waals surface area contributed by atoms with Crippen LogP contribution in [0.4, 0.5) is 4.79 Å². The lowest BCUT2D eigenvalue weighted by Gasteiger charge is -2.38. The summed E-state index contributed by atoms with van der Waals surface area (Å²) in [5.74, 6) is 1.33. The van der Waals surface area contributed by atoms with Gasteiger partial charge in [0.2, 0.25) is 0 Å². The number of piperazine rings is 1. The molecule has 2 amide bonds. The van der Waals surface area contributed by atoms with E-state index >= 15 is 0 Å². The van der Waals surface area contributed by atoms with Gasteiger partial charge in [-0.1, -0.05) is 6.07 Å². The largest absolute Gasteiger partial charge is 0.493 e. The molecule has 0 spiro atoms. The molecule has 1 atom stereocenters. The van der Waals surface area contributed by atoms with Crippen molar-refractivity contribution in [2.24, 2.45) is 0 Å². The number of methoxy groups -OCH3 is 2. The Hall–Kier alpha value is -2.29. The molecular formula is C21H30N4O3S. The van der Waals surface area contributed by atoms with Crippen LogP contribution in [0.1, 0.15) is 17.2 Å². The number of carbonyl (C=O) groups is 1. The molecule has 1 aromatic carbocycles. The summed E-state index contributed by atoms with van der Waals surface area (Å²) >= 11 is 1.69. The van der Waals surface area contributed by atoms with Gasteiger partial charge in [0.15, 0.2) is 11.5 Å². The summed E-state index contributed by atoms with van der Waals surface area (Å²) in [7, 11) is 5.36. The Balaban J connectivity index is 1.53. The molecule has 1 fully saturated rings. The van der Waals surface area contributed by atoms with Gasteiger partial charge >= 0.3 is 6.03 Å². The Kier molecular flexibility index (Phi) is 7.74. The smallest absolute Gasteiger partial charge is 0.315 e. The molecular weight excluding hydrogens is 388 g/mol. The van der Waals surface area contributed by atoms with Crippen LogP contribution >= 0.6 is 11.3 Å². The van der Waals surface area contributed by atoms with Gasteiger partial charge in [-0.3, -0.25) is 4.90 Å². The summed E-state index contributed by atoms with van der Waals surface area (Å²) in [6, 6.07) is 7.80. The Morgan fingerprint density at radius 1 is 1.10 bits per heavy atom. The van der Waals surface area contributed by atoms with E-state index in [0.29, 0.717) is 24.6 Å². The van der Waals surface area contributed by atoms with Crippen molar-refractivity contribution >= 4 is 17.4 Å². The van der Waals surface area contributed by atoms with Crippen molar-refractivity contribution < 1.29 is 14.3 Å². The fraction of sp³-hybridized carbons (Fsp3) is 0.476. The lowest BCUT2D eigenvalue weighted by Crippen LogP contribution is -2.49. The summed E-state index contributed by atoms with van der Waals surface area (Å²) in [5, 5.41) is 10.2. The van der Waals surface area contributed by atoms with Gasteiger partial charge in [-0.2, -0.15) is 11.3 Å². The second-order valence-electron chi connectivity index (χ2n) is 7.16. The Bertz CT molecular complexity index is 776. The average molecular weight is 419 g/mol. The fourth-order valence-corrected chi connectivity index (χ4v) is 4.19. The molecule has 2 aromatic rings. The predicted molar refractivity (Wildman–Crippen MR) is 116 cm³/mol. The molecule has 8 heteroatoms. The van der Waals surface area contributed by atoms with Crippen LogP contribution in [0.5, 0.6) is 11.5 Å². The minimum absolute atomic E-state index is 0.172. The summed E-state index contributed by atoms with van der Waals surface area (Å²) < 4.78 is 10.6. The molecule has 1 aliphatic rings. The van der Waals surface area contributed by atoms with Crippen molar-refractivity contribution in [2.75, 3.05) is 54.0 Å². The number of nitrogens with zero attached hydrogens (tertiary/aromatic N) is 2. The highest BCUT2D eigenvalue weighted by Gasteiger charge is 2.24. The molecule has 1 saturated heterocycles. The van der Waals surface area contributed by atoms with Crippen LogP contribution < -0.4 is 20.1 Å². The van der Waals surface area contributed by atoms with Crippen LogP contribution in [0.3, 0.4) is 0 Å². The number of rotatable bonds is 8. The highest BCUT2D eigenvalue weighted by molar-refractivity contribution is 7.07. The van der Waals surface area contributed by atoms with Gasteiger partial charge in [-0.15, -0.1) is 0 Å². The highest BCUT2D eigenvalue weighted by atomic mass is 32.1. The van der Waals surface area contributed by atoms with E-state index in [9.17, 15) is 4.79 Å². The number of thiophene rings is 1. The van der Waals surface area contributed by atoms with E-state index in [1.54, 1.807) is 25.6 Å². The number of amides is 2. The molecule has 0 unspecified atom stereocenters. The molecule has 0 saturated carbocycles. The van der Waals surface area contributed by atoms with Crippen LogP contribution in [-0.4, -0.2) is 69.8 Å². The van der Waals surface area contributed by atoms with Crippen LogP contribution in [0.15, 0.2) is 35.0 Å². The summed E-state index contributed by atoms with van der Waals surface area (Å²) in [5.41, 5.74) is 2.21. The predicted octanol–water partition coefficient (Wildman–Crippen LogP) is 2.55. The molecule has 7 nitrogen and oxygen atoms in total. The molecule has 2 heterocycles. The summed E-state index contributed by atoms with van der Waals surface area (Å²) in [6.45, 7) is 5.11. The van der Waals surface area contributed by atoms with Gasteiger partial charge in [0.25, 0.3) is 0 Å². The van der Waals surface area contributed by atoms with Gasteiger partial charge < -0.3 is 25.0 Å². The molecule has 0 aliphatic carbocycles. The third-order valence-electron chi connectivity index (χ3n) is 5.26. The van der Waals surface area contributed by atoms with Crippen LogP contribution in [0, 0.1) is 0 Å². The number of carbonyl (C=O) groups excluding carboxylic acids is 1. The molecule has 0 radical (unpaired) electrons. The number of ether oxygens (including phenoxy) is 2. The molecule has 29 heavy (non-hydrogen) atoms. The van der Waals surface area contributed by atoms with E-state index in [-0.39, 0.29) is 12.1 Å². The highest BCUT2D eigenvalue weighted by Crippen LogP contribution is 2.27. The fourth-order valence-electron chi connectivity index (χ4n) is 3.48. The van der Waals surface area contributed by atoms with Gasteiger partial charge in [0.05, 0.1) is 20.3 Å². The molecule has 1 aromatic heterocycles. The zero-order valence-electron chi connectivity index (χ0n) is 17.3. The topological polar surface area (TPSA) is 66.1 Å². The van der Waals surface area contributed by atoms with E-state index in [0.717, 1.165) is 31.7 Å². The first kappa shape index (κ1) is 21.4. The number of likely N-dealkylation sites (N-methyl/N-ethyl adjacent to an activating group) is 1. The Morgan fingerprint density at radius 2 is 1.86 bits per heavy atom. The Labute approximate surface area is 176 Å². The van der Waals surface area contributed by atoms with Crippen molar-refractivity contribution in [3.63, 3.8) is 0 Å². The lowest BCUT2D eigenvalue weighted by molar-refractivity contribution is 0.111. The van der Waals surface area contributed by atoms with Crippen molar-refractivity contribution in [1.29, 1.82) is 0 Å². The van der Waals surface area contributed by atoms with Crippen molar-refractivity contribution in [3.8, 4) is 11.5 Å².